The monoisotopic (exact) mass is 495 g/mol. The van der Waals surface area contributed by atoms with Crippen LogP contribution in [0.3, 0.4) is 0 Å². The first-order chi connectivity index (χ1) is 17.3. The second-order valence-electron chi connectivity index (χ2n) is 9.12. The Balaban J connectivity index is 1.24. The SMILES string of the molecule is Cc1ccc(-c2csc(-c3ccc(CNC(=O)c4ccc5c(c4)C(=O)N(C(C)C)C5=O)cc3)n2)cc1. The molecule has 2 heterocycles. The predicted octanol–water partition coefficient (Wildman–Crippen LogP) is 5.72. The van der Waals surface area contributed by atoms with Crippen LogP contribution in [0.5, 0.6) is 0 Å². The molecule has 3 amide bonds. The number of rotatable bonds is 6. The molecule has 36 heavy (non-hydrogen) atoms. The van der Waals surface area contributed by atoms with Crippen molar-refractivity contribution in [3.8, 4) is 21.8 Å². The molecule has 0 saturated carbocycles. The highest BCUT2D eigenvalue weighted by atomic mass is 32.1. The van der Waals surface area contributed by atoms with Crippen molar-refractivity contribution in [3.63, 3.8) is 0 Å². The summed E-state index contributed by atoms with van der Waals surface area (Å²) in [6.45, 7) is 5.99. The normalized spacial score (nSPS) is 12.8. The van der Waals surface area contributed by atoms with Gasteiger partial charge in [0.15, 0.2) is 0 Å². The molecule has 1 aromatic heterocycles. The minimum absolute atomic E-state index is 0.240. The third kappa shape index (κ3) is 4.45. The summed E-state index contributed by atoms with van der Waals surface area (Å²) < 4.78 is 0. The molecule has 6 nitrogen and oxygen atoms in total. The maximum Gasteiger partial charge on any atom is 0.261 e. The summed E-state index contributed by atoms with van der Waals surface area (Å²) in [5.74, 6) is -0.973. The van der Waals surface area contributed by atoms with Gasteiger partial charge in [0, 0.05) is 34.7 Å². The number of aromatic nitrogens is 1. The Morgan fingerprint density at radius 3 is 2.28 bits per heavy atom. The van der Waals surface area contributed by atoms with Crippen LogP contribution in [0.4, 0.5) is 0 Å². The first kappa shape index (κ1) is 23.6. The van der Waals surface area contributed by atoms with Crippen molar-refractivity contribution in [2.24, 2.45) is 0 Å². The number of thiazole rings is 1. The quantitative estimate of drug-likeness (QED) is 0.347. The van der Waals surface area contributed by atoms with Crippen molar-refractivity contribution >= 4 is 29.1 Å². The lowest BCUT2D eigenvalue weighted by Crippen LogP contribution is -2.35. The average molecular weight is 496 g/mol. The van der Waals surface area contributed by atoms with Gasteiger partial charge >= 0.3 is 0 Å². The summed E-state index contributed by atoms with van der Waals surface area (Å²) in [6, 6.07) is 20.7. The van der Waals surface area contributed by atoms with Crippen LogP contribution in [0.25, 0.3) is 21.8 Å². The van der Waals surface area contributed by atoms with E-state index in [0.717, 1.165) is 27.4 Å². The summed E-state index contributed by atoms with van der Waals surface area (Å²) in [5, 5.41) is 5.89. The minimum atomic E-state index is -0.358. The predicted molar refractivity (Wildman–Crippen MR) is 141 cm³/mol. The first-order valence-electron chi connectivity index (χ1n) is 11.7. The highest BCUT2D eigenvalue weighted by Gasteiger charge is 2.37. The molecule has 0 unspecified atom stereocenters. The molecule has 0 bridgehead atoms. The number of fused-ring (bicyclic) bond motifs is 1. The van der Waals surface area contributed by atoms with Gasteiger partial charge < -0.3 is 5.32 Å². The zero-order valence-corrected chi connectivity index (χ0v) is 21.1. The van der Waals surface area contributed by atoms with E-state index < -0.39 is 0 Å². The lowest BCUT2D eigenvalue weighted by atomic mass is 10.1. The molecule has 0 atom stereocenters. The molecule has 0 fully saturated rings. The standard InChI is InChI=1S/C29H25N3O3S/c1-17(2)32-28(34)23-13-12-22(14-24(23)29(32)35)26(33)30-15-19-6-10-21(11-7-19)27-31-25(16-36-27)20-8-4-18(3)5-9-20/h4-14,16-17H,15H2,1-3H3,(H,30,33). The summed E-state index contributed by atoms with van der Waals surface area (Å²) in [6.07, 6.45) is 0. The van der Waals surface area contributed by atoms with E-state index in [1.165, 1.54) is 16.5 Å². The van der Waals surface area contributed by atoms with Crippen LogP contribution in [0, 0.1) is 6.92 Å². The Bertz CT molecular complexity index is 1470. The maximum atomic E-state index is 12.7. The molecular weight excluding hydrogens is 470 g/mol. The second kappa shape index (κ2) is 9.51. The van der Waals surface area contributed by atoms with Gasteiger partial charge in [-0.15, -0.1) is 11.3 Å². The molecule has 1 aliphatic heterocycles. The van der Waals surface area contributed by atoms with Crippen LogP contribution in [0.15, 0.2) is 72.1 Å². The Hall–Kier alpha value is -4.10. The van der Waals surface area contributed by atoms with E-state index in [1.807, 2.05) is 24.3 Å². The average Bonchev–Trinajstić information content (AvgIpc) is 3.46. The van der Waals surface area contributed by atoms with Crippen molar-refractivity contribution in [1.29, 1.82) is 0 Å². The van der Waals surface area contributed by atoms with Gasteiger partial charge in [-0.1, -0.05) is 54.1 Å². The third-order valence-corrected chi connectivity index (χ3v) is 7.09. The van der Waals surface area contributed by atoms with E-state index in [0.29, 0.717) is 17.7 Å². The van der Waals surface area contributed by atoms with E-state index in [9.17, 15) is 14.4 Å². The third-order valence-electron chi connectivity index (χ3n) is 6.20. The number of imide groups is 1. The Kier molecular flexibility index (Phi) is 6.24. The van der Waals surface area contributed by atoms with Gasteiger partial charge in [-0.3, -0.25) is 19.3 Å². The molecule has 180 valence electrons. The fourth-order valence-electron chi connectivity index (χ4n) is 4.18. The molecule has 0 spiro atoms. The van der Waals surface area contributed by atoms with Crippen molar-refractivity contribution in [1.82, 2.24) is 15.2 Å². The van der Waals surface area contributed by atoms with E-state index in [-0.39, 0.29) is 29.3 Å². The Morgan fingerprint density at radius 1 is 0.917 bits per heavy atom. The molecule has 5 rings (SSSR count). The molecule has 0 radical (unpaired) electrons. The summed E-state index contributed by atoms with van der Waals surface area (Å²) in [5.41, 5.74) is 6.20. The number of aryl methyl sites for hydroxylation is 1. The molecule has 0 saturated heterocycles. The number of hydrogen-bond acceptors (Lipinski definition) is 5. The van der Waals surface area contributed by atoms with Gasteiger partial charge in [-0.25, -0.2) is 4.98 Å². The van der Waals surface area contributed by atoms with Crippen molar-refractivity contribution < 1.29 is 14.4 Å². The van der Waals surface area contributed by atoms with Gasteiger partial charge in [0.25, 0.3) is 17.7 Å². The zero-order valence-electron chi connectivity index (χ0n) is 20.2. The van der Waals surface area contributed by atoms with E-state index in [4.69, 9.17) is 4.98 Å². The van der Waals surface area contributed by atoms with Gasteiger partial charge in [-0.2, -0.15) is 0 Å². The first-order valence-corrected chi connectivity index (χ1v) is 12.6. The van der Waals surface area contributed by atoms with E-state index >= 15 is 0 Å². The largest absolute Gasteiger partial charge is 0.348 e. The van der Waals surface area contributed by atoms with Gasteiger partial charge in [0.2, 0.25) is 0 Å². The minimum Gasteiger partial charge on any atom is -0.348 e. The van der Waals surface area contributed by atoms with E-state index in [1.54, 1.807) is 37.3 Å². The fraction of sp³-hybridized carbons (Fsp3) is 0.172. The number of nitrogens with one attached hydrogen (secondary N) is 1. The molecular formula is C29H25N3O3S. The summed E-state index contributed by atoms with van der Waals surface area (Å²) >= 11 is 1.60. The highest BCUT2D eigenvalue weighted by molar-refractivity contribution is 7.13. The molecule has 1 N–H and O–H groups in total. The van der Waals surface area contributed by atoms with Crippen LogP contribution in [0.1, 0.15) is 56.0 Å². The number of benzene rings is 3. The van der Waals surface area contributed by atoms with Crippen LogP contribution < -0.4 is 5.32 Å². The molecule has 4 aromatic rings. The van der Waals surface area contributed by atoms with Crippen LogP contribution in [0.2, 0.25) is 0 Å². The zero-order chi connectivity index (χ0) is 25.4. The fourth-order valence-corrected chi connectivity index (χ4v) is 5.02. The Morgan fingerprint density at radius 2 is 1.58 bits per heavy atom. The maximum absolute atomic E-state index is 12.7. The topological polar surface area (TPSA) is 79.4 Å². The molecule has 0 aliphatic carbocycles. The smallest absolute Gasteiger partial charge is 0.261 e. The second-order valence-corrected chi connectivity index (χ2v) is 9.98. The molecule has 1 aliphatic rings. The summed E-state index contributed by atoms with van der Waals surface area (Å²) in [4.78, 5) is 43.8. The number of amides is 3. The lowest BCUT2D eigenvalue weighted by Gasteiger charge is -2.17. The Labute approximate surface area is 213 Å². The number of nitrogens with zero attached hydrogens (tertiary/aromatic N) is 2. The van der Waals surface area contributed by atoms with Gasteiger partial charge in [0.1, 0.15) is 5.01 Å². The van der Waals surface area contributed by atoms with Crippen molar-refractivity contribution in [2.45, 2.75) is 33.4 Å². The van der Waals surface area contributed by atoms with Crippen LogP contribution in [-0.4, -0.2) is 33.6 Å². The number of carbonyl (C=O) groups excluding carboxylic acids is 3. The van der Waals surface area contributed by atoms with E-state index in [2.05, 4.69) is 41.9 Å². The highest BCUT2D eigenvalue weighted by Crippen LogP contribution is 2.29. The summed E-state index contributed by atoms with van der Waals surface area (Å²) in [7, 11) is 0. The van der Waals surface area contributed by atoms with Crippen molar-refractivity contribution in [3.05, 3.63) is 99.9 Å². The number of hydrogen-bond donors (Lipinski definition) is 1. The van der Waals surface area contributed by atoms with Crippen LogP contribution in [-0.2, 0) is 6.54 Å². The number of carbonyl (C=O) groups is 3. The van der Waals surface area contributed by atoms with Crippen LogP contribution >= 0.6 is 11.3 Å². The van der Waals surface area contributed by atoms with Crippen molar-refractivity contribution in [2.75, 3.05) is 0 Å². The molecule has 3 aromatic carbocycles. The molecule has 7 heteroatoms. The van der Waals surface area contributed by atoms with Gasteiger partial charge in [-0.05, 0) is 44.5 Å². The van der Waals surface area contributed by atoms with Gasteiger partial charge in [0.05, 0.1) is 16.8 Å². The lowest BCUT2D eigenvalue weighted by molar-refractivity contribution is 0.0609.